The van der Waals surface area contributed by atoms with Crippen LogP contribution in [0.4, 0.5) is 0 Å². The van der Waals surface area contributed by atoms with Crippen molar-refractivity contribution in [1.82, 2.24) is 8.96 Å². The van der Waals surface area contributed by atoms with E-state index in [-0.39, 0.29) is 37.9 Å². The van der Waals surface area contributed by atoms with Crippen LogP contribution in [-0.4, -0.2) is 34.1 Å². The van der Waals surface area contributed by atoms with E-state index in [1.165, 1.54) is 50.2 Å². The molecule has 0 saturated heterocycles. The number of benzene rings is 1. The van der Waals surface area contributed by atoms with Gasteiger partial charge in [0.15, 0.2) is 5.60 Å². The van der Waals surface area contributed by atoms with E-state index in [1.54, 1.807) is 0 Å². The minimum absolute atomic E-state index is 0.0789. The topological polar surface area (TPSA) is 98.5 Å². The van der Waals surface area contributed by atoms with Gasteiger partial charge in [-0.05, 0) is 44.2 Å². The highest BCUT2D eigenvalue weighted by atomic mass is 35.5. The number of carboxylic acids is 1. The molecule has 0 unspecified atom stereocenters. The predicted molar refractivity (Wildman–Crippen MR) is 110 cm³/mol. The average molecular weight is 478 g/mol. The van der Waals surface area contributed by atoms with Crippen molar-refractivity contribution in [2.45, 2.75) is 31.0 Å². The zero-order valence-electron chi connectivity index (χ0n) is 15.2. The third kappa shape index (κ3) is 4.08. The smallest absolute Gasteiger partial charge is 0.335 e. The number of rotatable bonds is 6. The fourth-order valence-corrected chi connectivity index (χ4v) is 4.99. The number of aromatic nitrogens is 2. The Morgan fingerprint density at radius 2 is 1.90 bits per heavy atom. The van der Waals surface area contributed by atoms with E-state index < -0.39 is 21.6 Å². The van der Waals surface area contributed by atoms with Crippen LogP contribution in [0.5, 0.6) is 0 Å². The van der Waals surface area contributed by atoms with Gasteiger partial charge in [-0.3, -0.25) is 0 Å². The first-order valence-electron chi connectivity index (χ1n) is 8.19. The van der Waals surface area contributed by atoms with Crippen molar-refractivity contribution in [1.29, 1.82) is 0 Å². The average Bonchev–Trinajstić information content (AvgIpc) is 3.00. The molecule has 0 spiro atoms. The summed E-state index contributed by atoms with van der Waals surface area (Å²) in [7, 11) is -4.22. The molecule has 0 saturated carbocycles. The minimum Gasteiger partial charge on any atom is -0.479 e. The number of hydrogen-bond donors (Lipinski definition) is 1. The molecule has 1 N–H and O–H groups in total. The lowest BCUT2D eigenvalue weighted by atomic mass is 10.1. The Morgan fingerprint density at radius 1 is 1.21 bits per heavy atom. The van der Waals surface area contributed by atoms with Gasteiger partial charge in [0.25, 0.3) is 10.0 Å². The quantitative estimate of drug-likeness (QED) is 0.520. The van der Waals surface area contributed by atoms with Crippen LogP contribution in [-0.2, 0) is 26.2 Å². The molecular weight excluding hydrogens is 463 g/mol. The van der Waals surface area contributed by atoms with Crippen LogP contribution in [0, 0.1) is 0 Å². The van der Waals surface area contributed by atoms with Crippen molar-refractivity contribution < 1.29 is 23.1 Å². The number of pyridine rings is 1. The molecule has 3 aromatic rings. The molecule has 154 valence electrons. The van der Waals surface area contributed by atoms with Gasteiger partial charge in [-0.25, -0.2) is 22.2 Å². The van der Waals surface area contributed by atoms with Gasteiger partial charge in [-0.15, -0.1) is 0 Å². The summed E-state index contributed by atoms with van der Waals surface area (Å²) >= 11 is 18.1. The summed E-state index contributed by atoms with van der Waals surface area (Å²) in [4.78, 5) is 15.3. The number of nitrogens with zero attached hydrogens (tertiary/aromatic N) is 2. The molecule has 0 aliphatic rings. The van der Waals surface area contributed by atoms with Crippen LogP contribution >= 0.6 is 34.8 Å². The SMILES string of the molecule is CC(C)(OCc1cc2nc(Cl)ccc2n1S(=O)(=O)c1cccc(Cl)c1Cl)C(=O)O. The van der Waals surface area contributed by atoms with Gasteiger partial charge in [0.1, 0.15) is 10.0 Å². The van der Waals surface area contributed by atoms with Crippen molar-refractivity contribution in [3.8, 4) is 0 Å². The predicted octanol–water partition coefficient (Wildman–Crippen LogP) is 4.61. The van der Waals surface area contributed by atoms with Crippen LogP contribution in [0.15, 0.2) is 41.3 Å². The monoisotopic (exact) mass is 476 g/mol. The second kappa shape index (κ2) is 7.77. The van der Waals surface area contributed by atoms with Gasteiger partial charge in [0.05, 0.1) is 33.4 Å². The van der Waals surface area contributed by atoms with E-state index in [0.29, 0.717) is 5.52 Å². The van der Waals surface area contributed by atoms with E-state index in [9.17, 15) is 18.3 Å². The van der Waals surface area contributed by atoms with Crippen molar-refractivity contribution in [3.05, 3.63) is 57.3 Å². The molecule has 0 fully saturated rings. The molecule has 11 heteroatoms. The number of ether oxygens (including phenoxy) is 1. The Balaban J connectivity index is 2.22. The zero-order valence-corrected chi connectivity index (χ0v) is 18.3. The maximum atomic E-state index is 13.4. The molecule has 1 aromatic carbocycles. The Hall–Kier alpha value is -1.84. The molecule has 0 aliphatic heterocycles. The normalized spacial score (nSPS) is 12.4. The van der Waals surface area contributed by atoms with Gasteiger partial charge in [-0.1, -0.05) is 40.9 Å². The van der Waals surface area contributed by atoms with E-state index >= 15 is 0 Å². The van der Waals surface area contributed by atoms with Crippen LogP contribution in [0.2, 0.25) is 15.2 Å². The summed E-state index contributed by atoms with van der Waals surface area (Å²) in [5, 5.41) is 9.38. The van der Waals surface area contributed by atoms with Crippen LogP contribution in [0.25, 0.3) is 11.0 Å². The number of aliphatic carboxylic acids is 1. The summed E-state index contributed by atoms with van der Waals surface area (Å²) in [6.07, 6.45) is 0. The molecule has 7 nitrogen and oxygen atoms in total. The van der Waals surface area contributed by atoms with Gasteiger partial charge in [-0.2, -0.15) is 0 Å². The maximum absolute atomic E-state index is 13.4. The molecule has 0 amide bonds. The molecule has 0 radical (unpaired) electrons. The van der Waals surface area contributed by atoms with Crippen molar-refractivity contribution in [2.24, 2.45) is 0 Å². The van der Waals surface area contributed by atoms with E-state index in [2.05, 4.69) is 4.98 Å². The molecule has 0 bridgehead atoms. The lowest BCUT2D eigenvalue weighted by Gasteiger charge is -2.21. The van der Waals surface area contributed by atoms with E-state index in [0.717, 1.165) is 3.97 Å². The van der Waals surface area contributed by atoms with E-state index in [1.807, 2.05) is 0 Å². The highest BCUT2D eigenvalue weighted by molar-refractivity contribution is 7.90. The van der Waals surface area contributed by atoms with Crippen molar-refractivity contribution in [2.75, 3.05) is 0 Å². The van der Waals surface area contributed by atoms with Gasteiger partial charge in [0.2, 0.25) is 0 Å². The van der Waals surface area contributed by atoms with Crippen LogP contribution < -0.4 is 0 Å². The fraction of sp³-hybridized carbons (Fsp3) is 0.222. The molecule has 29 heavy (non-hydrogen) atoms. The van der Waals surface area contributed by atoms with Crippen molar-refractivity contribution in [3.63, 3.8) is 0 Å². The molecular formula is C18H15Cl3N2O5S. The van der Waals surface area contributed by atoms with Gasteiger partial charge < -0.3 is 9.84 Å². The minimum atomic E-state index is -4.22. The Labute approximate surface area is 181 Å². The Morgan fingerprint density at radius 3 is 2.55 bits per heavy atom. The summed E-state index contributed by atoms with van der Waals surface area (Å²) in [5.41, 5.74) is -0.854. The Bertz CT molecular complexity index is 1220. The van der Waals surface area contributed by atoms with Crippen LogP contribution in [0.1, 0.15) is 19.5 Å². The lowest BCUT2D eigenvalue weighted by Crippen LogP contribution is -2.34. The maximum Gasteiger partial charge on any atom is 0.335 e. The highest BCUT2D eigenvalue weighted by Crippen LogP contribution is 2.33. The van der Waals surface area contributed by atoms with E-state index in [4.69, 9.17) is 39.5 Å². The standard InChI is InChI=1S/C18H15Cl3N2O5S/c1-18(2,17(24)25)28-9-10-8-12-13(6-7-15(20)22-12)23(10)29(26,27)14-5-3-4-11(19)16(14)21/h3-8H,9H2,1-2H3,(H,24,25). The first-order valence-corrected chi connectivity index (χ1v) is 10.8. The summed E-state index contributed by atoms with van der Waals surface area (Å²) in [6, 6.07) is 8.66. The third-order valence-corrected chi connectivity index (χ3v) is 7.13. The number of halogens is 3. The molecule has 3 rings (SSSR count). The highest BCUT2D eigenvalue weighted by Gasteiger charge is 2.31. The summed E-state index contributed by atoms with van der Waals surface area (Å²) in [5.74, 6) is -1.19. The largest absolute Gasteiger partial charge is 0.479 e. The number of carbonyl (C=O) groups is 1. The lowest BCUT2D eigenvalue weighted by molar-refractivity contribution is -0.162. The fourth-order valence-electron chi connectivity index (χ4n) is 2.57. The first-order chi connectivity index (χ1) is 13.4. The second-order valence-corrected chi connectivity index (χ2v) is 9.53. The first kappa shape index (κ1) is 21.9. The zero-order chi connectivity index (χ0) is 21.6. The molecule has 0 atom stereocenters. The molecule has 2 aromatic heterocycles. The summed E-state index contributed by atoms with van der Waals surface area (Å²) in [6.45, 7) is 2.41. The molecule has 2 heterocycles. The second-order valence-electron chi connectivity index (χ2n) is 6.60. The number of fused-ring (bicyclic) bond motifs is 1. The Kier molecular flexibility index (Phi) is 5.86. The van der Waals surface area contributed by atoms with Gasteiger partial charge >= 0.3 is 5.97 Å². The van der Waals surface area contributed by atoms with Gasteiger partial charge in [0, 0.05) is 0 Å². The van der Waals surface area contributed by atoms with Crippen molar-refractivity contribution >= 4 is 61.8 Å². The molecule has 0 aliphatic carbocycles. The number of carboxylic acid groups (broad SMARTS) is 1. The van der Waals surface area contributed by atoms with Crippen LogP contribution in [0.3, 0.4) is 0 Å². The third-order valence-electron chi connectivity index (χ3n) is 4.18. The number of hydrogen-bond acceptors (Lipinski definition) is 5. The summed E-state index contributed by atoms with van der Waals surface area (Å²) < 4.78 is 33.3.